The molecule has 0 spiro atoms. The Kier molecular flexibility index (Phi) is 5.93. The van der Waals surface area contributed by atoms with E-state index in [0.717, 1.165) is 18.2 Å². The number of hydrogen-bond donors (Lipinski definition) is 1. The average molecular weight is 423 g/mol. The van der Waals surface area contributed by atoms with Gasteiger partial charge in [0.05, 0.1) is 27.3 Å². The van der Waals surface area contributed by atoms with Crippen LogP contribution in [-0.2, 0) is 6.18 Å². The summed E-state index contributed by atoms with van der Waals surface area (Å²) in [6.45, 7) is 4.97. The molecule has 0 fully saturated rings. The zero-order valence-corrected chi connectivity index (χ0v) is 16.5. The highest BCUT2D eigenvalue weighted by Crippen LogP contribution is 2.34. The highest BCUT2D eigenvalue weighted by atomic mass is 35.5. The molecule has 0 saturated heterocycles. The number of aromatic nitrogens is 2. The Hall–Kier alpha value is -2.87. The molecule has 3 aromatic rings. The number of nitrogens with zero attached hydrogens (tertiary/aromatic N) is 3. The van der Waals surface area contributed by atoms with Crippen LogP contribution in [0.25, 0.3) is 11.0 Å². The fourth-order valence-corrected chi connectivity index (χ4v) is 3.03. The van der Waals surface area contributed by atoms with Crippen molar-refractivity contribution in [3.63, 3.8) is 0 Å². The summed E-state index contributed by atoms with van der Waals surface area (Å²) in [4.78, 5) is 23.8. The Morgan fingerprint density at radius 2 is 1.69 bits per heavy atom. The zero-order valence-electron chi connectivity index (χ0n) is 15.7. The molecular formula is C20H18ClF3N4O. The lowest BCUT2D eigenvalue weighted by molar-refractivity contribution is -0.137. The lowest BCUT2D eigenvalue weighted by Gasteiger charge is -2.22. The summed E-state index contributed by atoms with van der Waals surface area (Å²) in [5.74, 6) is -0.333. The number of halogens is 4. The molecular weight excluding hydrogens is 405 g/mol. The predicted octanol–water partition coefficient (Wildman–Crippen LogP) is 5.40. The van der Waals surface area contributed by atoms with Gasteiger partial charge in [-0.05, 0) is 44.2 Å². The topological polar surface area (TPSA) is 58.1 Å². The number of amides is 1. The average Bonchev–Trinajstić information content (AvgIpc) is 2.69. The van der Waals surface area contributed by atoms with Gasteiger partial charge in [-0.3, -0.25) is 4.79 Å². The molecule has 0 aliphatic rings. The third-order valence-corrected chi connectivity index (χ3v) is 4.70. The van der Waals surface area contributed by atoms with Crippen molar-refractivity contribution >= 4 is 40.0 Å². The van der Waals surface area contributed by atoms with Crippen LogP contribution >= 0.6 is 11.6 Å². The van der Waals surface area contributed by atoms with Gasteiger partial charge in [-0.1, -0.05) is 23.7 Å². The van der Waals surface area contributed by atoms with Crippen LogP contribution in [0.5, 0.6) is 0 Å². The van der Waals surface area contributed by atoms with Crippen molar-refractivity contribution < 1.29 is 18.0 Å². The van der Waals surface area contributed by atoms with E-state index in [0.29, 0.717) is 29.9 Å². The van der Waals surface area contributed by atoms with Gasteiger partial charge in [0.1, 0.15) is 0 Å². The van der Waals surface area contributed by atoms with E-state index < -0.39 is 17.6 Å². The van der Waals surface area contributed by atoms with Gasteiger partial charge in [-0.2, -0.15) is 13.2 Å². The largest absolute Gasteiger partial charge is 0.416 e. The molecule has 0 atom stereocenters. The molecule has 3 rings (SSSR count). The first-order valence-corrected chi connectivity index (χ1v) is 9.32. The van der Waals surface area contributed by atoms with Crippen molar-refractivity contribution in [1.29, 1.82) is 0 Å². The predicted molar refractivity (Wildman–Crippen MR) is 108 cm³/mol. The van der Waals surface area contributed by atoms with Crippen molar-refractivity contribution in [2.75, 3.05) is 23.3 Å². The van der Waals surface area contributed by atoms with E-state index >= 15 is 0 Å². The monoisotopic (exact) mass is 422 g/mol. The number of nitrogens with one attached hydrogen (secondary N) is 1. The highest BCUT2D eigenvalue weighted by Gasteiger charge is 2.31. The maximum atomic E-state index is 13.0. The number of hydrogen-bond acceptors (Lipinski definition) is 4. The van der Waals surface area contributed by atoms with Crippen LogP contribution < -0.4 is 10.2 Å². The number of para-hydroxylation sites is 2. The molecule has 29 heavy (non-hydrogen) atoms. The number of alkyl halides is 3. The van der Waals surface area contributed by atoms with E-state index in [2.05, 4.69) is 15.3 Å². The zero-order chi connectivity index (χ0) is 21.2. The molecule has 0 aliphatic carbocycles. The molecule has 152 valence electrons. The quantitative estimate of drug-likeness (QED) is 0.598. The summed E-state index contributed by atoms with van der Waals surface area (Å²) in [5.41, 5.74) is 0.0744. The molecule has 1 N–H and O–H groups in total. The Bertz CT molecular complexity index is 1050. The van der Waals surface area contributed by atoms with Crippen LogP contribution in [0, 0.1) is 0 Å². The van der Waals surface area contributed by atoms with Gasteiger partial charge in [0.25, 0.3) is 5.91 Å². The summed E-state index contributed by atoms with van der Waals surface area (Å²) < 4.78 is 39.0. The van der Waals surface area contributed by atoms with Gasteiger partial charge in [-0.15, -0.1) is 0 Å². The Morgan fingerprint density at radius 1 is 1.07 bits per heavy atom. The molecule has 2 aromatic carbocycles. The van der Waals surface area contributed by atoms with Crippen molar-refractivity contribution in [3.8, 4) is 0 Å². The van der Waals surface area contributed by atoms with Gasteiger partial charge in [0, 0.05) is 13.1 Å². The van der Waals surface area contributed by atoms with Crippen molar-refractivity contribution in [1.82, 2.24) is 9.97 Å². The number of anilines is 2. The second-order valence-electron chi connectivity index (χ2n) is 6.20. The minimum atomic E-state index is -4.56. The molecule has 1 amide bonds. The summed E-state index contributed by atoms with van der Waals surface area (Å²) in [6.07, 6.45) is -4.56. The second-order valence-corrected chi connectivity index (χ2v) is 6.61. The number of benzene rings is 2. The lowest BCUT2D eigenvalue weighted by Crippen LogP contribution is -2.28. The second kappa shape index (κ2) is 8.24. The fourth-order valence-electron chi connectivity index (χ4n) is 2.87. The van der Waals surface area contributed by atoms with Gasteiger partial charge in [0.15, 0.2) is 11.5 Å². The molecule has 9 heteroatoms. The maximum Gasteiger partial charge on any atom is 0.416 e. The van der Waals surface area contributed by atoms with Gasteiger partial charge >= 0.3 is 6.18 Å². The van der Waals surface area contributed by atoms with Crippen LogP contribution in [-0.4, -0.2) is 29.0 Å². The molecule has 1 heterocycles. The first kappa shape index (κ1) is 20.9. The molecule has 0 saturated carbocycles. The first-order chi connectivity index (χ1) is 13.7. The van der Waals surface area contributed by atoms with Gasteiger partial charge < -0.3 is 10.2 Å². The molecule has 0 radical (unpaired) electrons. The molecule has 0 bridgehead atoms. The first-order valence-electron chi connectivity index (χ1n) is 8.94. The lowest BCUT2D eigenvalue weighted by atomic mass is 10.2. The SMILES string of the molecule is CCN(CC)c1nc2ccccc2nc1C(=O)Nc1cc(C(F)(F)F)ccc1Cl. The van der Waals surface area contributed by atoms with E-state index in [-0.39, 0.29) is 16.4 Å². The van der Waals surface area contributed by atoms with E-state index in [1.165, 1.54) is 0 Å². The van der Waals surface area contributed by atoms with Crippen molar-refractivity contribution in [2.24, 2.45) is 0 Å². The summed E-state index contributed by atoms with van der Waals surface area (Å²) in [6, 6.07) is 9.81. The van der Waals surface area contributed by atoms with Crippen molar-refractivity contribution in [2.45, 2.75) is 20.0 Å². The van der Waals surface area contributed by atoms with E-state index in [1.807, 2.05) is 24.8 Å². The Balaban J connectivity index is 2.06. The van der Waals surface area contributed by atoms with Gasteiger partial charge in [-0.25, -0.2) is 9.97 Å². The van der Waals surface area contributed by atoms with Crippen molar-refractivity contribution in [3.05, 3.63) is 58.7 Å². The molecule has 5 nitrogen and oxygen atoms in total. The Labute approximate surface area is 170 Å². The third-order valence-electron chi connectivity index (χ3n) is 4.37. The highest BCUT2D eigenvalue weighted by molar-refractivity contribution is 6.34. The van der Waals surface area contributed by atoms with Gasteiger partial charge in [0.2, 0.25) is 0 Å². The van der Waals surface area contributed by atoms with Crippen LogP contribution in [0.2, 0.25) is 5.02 Å². The fraction of sp³-hybridized carbons (Fsp3) is 0.250. The standard InChI is InChI=1S/C20H18ClF3N4O/c1-3-28(4-2)18-17(25-14-7-5-6-8-15(14)26-18)19(29)27-16-11-12(20(22,23)24)9-10-13(16)21/h5-11H,3-4H2,1-2H3,(H,27,29). The van der Waals surface area contributed by atoms with E-state index in [1.54, 1.807) is 18.2 Å². The number of carbonyl (C=O) groups is 1. The summed E-state index contributed by atoms with van der Waals surface area (Å²) in [7, 11) is 0. The van der Waals surface area contributed by atoms with Crippen LogP contribution in [0.15, 0.2) is 42.5 Å². The number of rotatable bonds is 5. The summed E-state index contributed by atoms with van der Waals surface area (Å²) >= 11 is 6.00. The van der Waals surface area contributed by atoms with E-state index in [9.17, 15) is 18.0 Å². The molecule has 0 aliphatic heterocycles. The number of carbonyl (C=O) groups excluding carboxylic acids is 1. The number of fused-ring (bicyclic) bond motifs is 1. The molecule has 1 aromatic heterocycles. The normalized spacial score (nSPS) is 11.5. The minimum absolute atomic E-state index is 0.00973. The van der Waals surface area contributed by atoms with E-state index in [4.69, 9.17) is 11.6 Å². The maximum absolute atomic E-state index is 13.0. The van der Waals surface area contributed by atoms with Crippen LogP contribution in [0.1, 0.15) is 29.9 Å². The Morgan fingerprint density at radius 3 is 2.28 bits per heavy atom. The van der Waals surface area contributed by atoms with Crippen LogP contribution in [0.3, 0.4) is 0 Å². The minimum Gasteiger partial charge on any atom is -0.355 e. The summed E-state index contributed by atoms with van der Waals surface area (Å²) in [5, 5.41) is 2.44. The third kappa shape index (κ3) is 4.42. The smallest absolute Gasteiger partial charge is 0.355 e. The van der Waals surface area contributed by atoms with Crippen LogP contribution in [0.4, 0.5) is 24.7 Å². The molecule has 0 unspecified atom stereocenters.